The van der Waals surface area contributed by atoms with Crippen LogP contribution in [0.4, 0.5) is 11.4 Å². The number of carbonyl (C=O) groups is 1. The van der Waals surface area contributed by atoms with Crippen LogP contribution in [0.25, 0.3) is 0 Å². The first-order chi connectivity index (χ1) is 15.4. The molecule has 2 aromatic carbocycles. The Bertz CT molecular complexity index is 1070. The number of sulfonamides is 1. The molecule has 2 aromatic rings. The van der Waals surface area contributed by atoms with Crippen molar-refractivity contribution in [1.82, 2.24) is 4.72 Å². The number of ether oxygens (including phenoxy) is 2. The number of benzene rings is 2. The van der Waals surface area contributed by atoms with E-state index < -0.39 is 15.9 Å². The lowest BCUT2D eigenvalue weighted by Crippen LogP contribution is -2.36. The van der Waals surface area contributed by atoms with Crippen LogP contribution in [0.5, 0.6) is 0 Å². The minimum Gasteiger partial charge on any atom is -0.378 e. The van der Waals surface area contributed by atoms with Gasteiger partial charge in [-0.25, -0.2) is 13.1 Å². The van der Waals surface area contributed by atoms with E-state index in [2.05, 4.69) is 14.9 Å². The molecule has 1 amide bonds. The van der Waals surface area contributed by atoms with E-state index in [-0.39, 0.29) is 28.1 Å². The Balaban J connectivity index is 1.51. The van der Waals surface area contributed by atoms with Crippen molar-refractivity contribution in [3.63, 3.8) is 0 Å². The molecule has 2 saturated heterocycles. The van der Waals surface area contributed by atoms with E-state index in [9.17, 15) is 13.2 Å². The lowest BCUT2D eigenvalue weighted by molar-refractivity contribution is 0.102. The summed E-state index contributed by atoms with van der Waals surface area (Å²) < 4.78 is 39.0. The molecule has 1 atom stereocenters. The molecule has 0 aliphatic carbocycles. The topological polar surface area (TPSA) is 97.0 Å². The summed E-state index contributed by atoms with van der Waals surface area (Å²) in [5.74, 6) is -0.419. The zero-order valence-corrected chi connectivity index (χ0v) is 19.1. The number of carbonyl (C=O) groups excluding carboxylic acids is 1. The SMILES string of the molecule is O=C(Nc1ccccc1N1CCOCC1)c1ccc(Cl)c(S(=O)(=O)NC[C@H]2CCCO2)c1. The third-order valence-corrected chi connectivity index (χ3v) is 7.42. The Morgan fingerprint density at radius 1 is 1.12 bits per heavy atom. The summed E-state index contributed by atoms with van der Waals surface area (Å²) >= 11 is 6.17. The number of nitrogens with zero attached hydrogens (tertiary/aromatic N) is 1. The summed E-state index contributed by atoms with van der Waals surface area (Å²) in [6, 6.07) is 11.7. The fourth-order valence-corrected chi connectivity index (χ4v) is 5.38. The van der Waals surface area contributed by atoms with Crippen LogP contribution in [-0.4, -0.2) is 59.9 Å². The molecule has 2 N–H and O–H groups in total. The summed E-state index contributed by atoms with van der Waals surface area (Å²) in [7, 11) is -3.90. The van der Waals surface area contributed by atoms with Gasteiger partial charge in [-0.1, -0.05) is 23.7 Å². The van der Waals surface area contributed by atoms with Crippen LogP contribution in [0.2, 0.25) is 5.02 Å². The second-order valence-electron chi connectivity index (χ2n) is 7.70. The van der Waals surface area contributed by atoms with E-state index in [1.54, 1.807) is 0 Å². The van der Waals surface area contributed by atoms with Gasteiger partial charge in [0.1, 0.15) is 4.90 Å². The minimum atomic E-state index is -3.90. The quantitative estimate of drug-likeness (QED) is 0.633. The van der Waals surface area contributed by atoms with E-state index in [1.807, 2.05) is 24.3 Å². The molecular weight excluding hydrogens is 454 g/mol. The third-order valence-electron chi connectivity index (χ3n) is 5.51. The van der Waals surface area contributed by atoms with Crippen molar-refractivity contribution in [2.45, 2.75) is 23.8 Å². The van der Waals surface area contributed by atoms with Crippen LogP contribution in [0.3, 0.4) is 0 Å². The molecule has 10 heteroatoms. The van der Waals surface area contributed by atoms with Gasteiger partial charge in [0.05, 0.1) is 35.7 Å². The number of nitrogens with one attached hydrogen (secondary N) is 2. The number of hydrogen-bond acceptors (Lipinski definition) is 6. The van der Waals surface area contributed by atoms with Crippen LogP contribution in [0, 0.1) is 0 Å². The van der Waals surface area contributed by atoms with Crippen molar-refractivity contribution < 1.29 is 22.7 Å². The van der Waals surface area contributed by atoms with Gasteiger partial charge in [-0.3, -0.25) is 4.79 Å². The Hall–Kier alpha value is -2.17. The summed E-state index contributed by atoms with van der Waals surface area (Å²) in [5.41, 5.74) is 1.74. The number of amides is 1. The van der Waals surface area contributed by atoms with Gasteiger partial charge in [0, 0.05) is 31.8 Å². The molecule has 2 heterocycles. The summed E-state index contributed by atoms with van der Waals surface area (Å²) in [5, 5.41) is 2.95. The molecule has 32 heavy (non-hydrogen) atoms. The van der Waals surface area contributed by atoms with Gasteiger partial charge in [0.2, 0.25) is 10.0 Å². The normalized spacial score (nSPS) is 19.2. The average molecular weight is 480 g/mol. The zero-order chi connectivity index (χ0) is 22.6. The van der Waals surface area contributed by atoms with Crippen LogP contribution < -0.4 is 14.9 Å². The average Bonchev–Trinajstić information content (AvgIpc) is 3.33. The van der Waals surface area contributed by atoms with Crippen molar-refractivity contribution in [1.29, 1.82) is 0 Å². The molecular formula is C22H26ClN3O5S. The monoisotopic (exact) mass is 479 g/mol. The van der Waals surface area contributed by atoms with Crippen LogP contribution in [0.15, 0.2) is 47.4 Å². The van der Waals surface area contributed by atoms with Gasteiger partial charge in [-0.2, -0.15) is 0 Å². The molecule has 0 bridgehead atoms. The third kappa shape index (κ3) is 5.41. The highest BCUT2D eigenvalue weighted by Crippen LogP contribution is 2.28. The smallest absolute Gasteiger partial charge is 0.255 e. The van der Waals surface area contributed by atoms with Crippen molar-refractivity contribution in [3.05, 3.63) is 53.1 Å². The lowest BCUT2D eigenvalue weighted by atomic mass is 10.2. The number of halogens is 1. The Labute approximate surface area is 192 Å². The predicted molar refractivity (Wildman–Crippen MR) is 123 cm³/mol. The maximum atomic E-state index is 13.0. The molecule has 0 spiro atoms. The highest BCUT2D eigenvalue weighted by atomic mass is 35.5. The first kappa shape index (κ1) is 23.0. The molecule has 2 fully saturated rings. The van der Waals surface area contributed by atoms with Crippen molar-refractivity contribution >= 4 is 38.9 Å². The molecule has 0 saturated carbocycles. The number of para-hydroxylation sites is 2. The molecule has 8 nitrogen and oxygen atoms in total. The van der Waals surface area contributed by atoms with Crippen LogP contribution in [0.1, 0.15) is 23.2 Å². The van der Waals surface area contributed by atoms with Gasteiger partial charge in [-0.05, 0) is 43.2 Å². The molecule has 4 rings (SSSR count). The summed E-state index contributed by atoms with van der Waals surface area (Å²) in [6.07, 6.45) is 1.57. The van der Waals surface area contributed by atoms with Crippen LogP contribution in [-0.2, 0) is 19.5 Å². The lowest BCUT2D eigenvalue weighted by Gasteiger charge is -2.30. The molecule has 0 unspecified atom stereocenters. The standard InChI is InChI=1S/C22H26ClN3O5S/c23-18-8-7-16(14-21(18)32(28,29)24-15-17-4-3-11-31-17)22(27)25-19-5-1-2-6-20(19)26-9-12-30-13-10-26/h1-2,5-8,14,17,24H,3-4,9-13,15H2,(H,25,27)/t17-/m1/s1. The molecule has 2 aliphatic heterocycles. The van der Waals surface area contributed by atoms with Crippen molar-refractivity contribution in [3.8, 4) is 0 Å². The van der Waals surface area contributed by atoms with Gasteiger partial charge in [0.25, 0.3) is 5.91 Å². The van der Waals surface area contributed by atoms with E-state index in [0.29, 0.717) is 25.5 Å². The van der Waals surface area contributed by atoms with E-state index >= 15 is 0 Å². The Kier molecular flexibility index (Phi) is 7.32. The predicted octanol–water partition coefficient (Wildman–Crippen LogP) is 2.89. The maximum absolute atomic E-state index is 13.0. The highest BCUT2D eigenvalue weighted by Gasteiger charge is 2.24. The first-order valence-electron chi connectivity index (χ1n) is 10.6. The highest BCUT2D eigenvalue weighted by molar-refractivity contribution is 7.89. The number of rotatable bonds is 7. The van der Waals surface area contributed by atoms with Gasteiger partial charge in [-0.15, -0.1) is 0 Å². The summed E-state index contributed by atoms with van der Waals surface area (Å²) in [6.45, 7) is 3.51. The van der Waals surface area contributed by atoms with E-state index in [1.165, 1.54) is 18.2 Å². The first-order valence-corrected chi connectivity index (χ1v) is 12.4. The molecule has 2 aliphatic rings. The Morgan fingerprint density at radius 2 is 1.91 bits per heavy atom. The van der Waals surface area contributed by atoms with Crippen molar-refractivity contribution in [2.75, 3.05) is 49.7 Å². The largest absolute Gasteiger partial charge is 0.378 e. The van der Waals surface area contributed by atoms with Crippen LogP contribution >= 0.6 is 11.6 Å². The maximum Gasteiger partial charge on any atom is 0.255 e. The number of morpholine rings is 1. The minimum absolute atomic E-state index is 0.0510. The zero-order valence-electron chi connectivity index (χ0n) is 17.6. The van der Waals surface area contributed by atoms with Crippen molar-refractivity contribution in [2.24, 2.45) is 0 Å². The molecule has 172 valence electrons. The fourth-order valence-electron chi connectivity index (χ4n) is 3.79. The van der Waals surface area contributed by atoms with E-state index in [4.69, 9.17) is 21.1 Å². The number of anilines is 2. The summed E-state index contributed by atoms with van der Waals surface area (Å²) in [4.78, 5) is 15.0. The fraction of sp³-hybridized carbons (Fsp3) is 0.409. The molecule has 0 radical (unpaired) electrons. The van der Waals surface area contributed by atoms with E-state index in [0.717, 1.165) is 31.6 Å². The van der Waals surface area contributed by atoms with Gasteiger partial charge in [0.15, 0.2) is 0 Å². The second-order valence-corrected chi connectivity index (χ2v) is 9.85. The number of hydrogen-bond donors (Lipinski definition) is 2. The molecule has 0 aromatic heterocycles. The second kappa shape index (κ2) is 10.2. The van der Waals surface area contributed by atoms with Gasteiger partial charge < -0.3 is 19.7 Å². The van der Waals surface area contributed by atoms with Gasteiger partial charge >= 0.3 is 0 Å². The Morgan fingerprint density at radius 3 is 2.66 bits per heavy atom.